The van der Waals surface area contributed by atoms with Gasteiger partial charge in [-0.3, -0.25) is 4.79 Å². The summed E-state index contributed by atoms with van der Waals surface area (Å²) >= 11 is 0. The van der Waals surface area contributed by atoms with Crippen molar-refractivity contribution in [3.8, 4) is 5.75 Å². The van der Waals surface area contributed by atoms with Crippen LogP contribution >= 0.6 is 0 Å². The third kappa shape index (κ3) is 2.59. The van der Waals surface area contributed by atoms with Crippen LogP contribution in [0.4, 0.5) is 0 Å². The fourth-order valence-corrected chi connectivity index (χ4v) is 2.02. The van der Waals surface area contributed by atoms with E-state index in [1.165, 1.54) is 0 Å². The van der Waals surface area contributed by atoms with E-state index in [-0.39, 0.29) is 12.2 Å². The second-order valence-electron chi connectivity index (χ2n) is 5.87. The van der Waals surface area contributed by atoms with Crippen molar-refractivity contribution in [3.63, 3.8) is 0 Å². The number of hydrogen-bond acceptors (Lipinski definition) is 3. The Bertz CT molecular complexity index is 657. The van der Waals surface area contributed by atoms with Crippen molar-refractivity contribution in [2.45, 2.75) is 27.2 Å². The van der Waals surface area contributed by atoms with Crippen LogP contribution in [-0.2, 0) is 11.2 Å². The van der Waals surface area contributed by atoms with Crippen molar-refractivity contribution in [1.29, 1.82) is 0 Å². The Morgan fingerprint density at radius 1 is 1.30 bits per heavy atom. The lowest BCUT2D eigenvalue weighted by Crippen LogP contribution is -2.36. The predicted molar refractivity (Wildman–Crippen MR) is 77.6 cm³/mol. The number of methoxy groups -OCH3 is 1. The molecule has 1 aromatic heterocycles. The minimum atomic E-state index is -0.466. The van der Waals surface area contributed by atoms with Crippen LogP contribution in [0, 0.1) is 10.6 Å². The van der Waals surface area contributed by atoms with E-state index in [0.717, 1.165) is 10.1 Å². The number of aromatic nitrogens is 1. The van der Waals surface area contributed by atoms with Crippen molar-refractivity contribution in [2.24, 2.45) is 5.41 Å². The molecule has 0 radical (unpaired) electrons. The van der Waals surface area contributed by atoms with Crippen LogP contribution in [0.3, 0.4) is 0 Å². The number of rotatable bonds is 3. The number of Topliss-reactive ketones (excluding diaryl/α,β-unsaturated/α-hetero) is 1. The molecule has 106 valence electrons. The fraction of sp³-hybridized carbons (Fsp3) is 0.375. The first-order chi connectivity index (χ1) is 9.34. The van der Waals surface area contributed by atoms with Crippen LogP contribution < -0.4 is 9.47 Å². The molecule has 4 nitrogen and oxygen atoms in total. The number of benzene rings is 1. The Hall–Kier alpha value is -2.10. The lowest BCUT2D eigenvalue weighted by Gasteiger charge is -2.17. The zero-order valence-electron chi connectivity index (χ0n) is 12.3. The Morgan fingerprint density at radius 2 is 1.95 bits per heavy atom. The van der Waals surface area contributed by atoms with E-state index in [0.29, 0.717) is 17.0 Å². The maximum atomic E-state index is 12.4. The lowest BCUT2D eigenvalue weighted by molar-refractivity contribution is -0.585. The Morgan fingerprint density at radius 3 is 2.55 bits per heavy atom. The van der Waals surface area contributed by atoms with Gasteiger partial charge in [0, 0.05) is 17.5 Å². The first kappa shape index (κ1) is 14.3. The zero-order chi connectivity index (χ0) is 14.9. The second kappa shape index (κ2) is 5.12. The highest BCUT2D eigenvalue weighted by Gasteiger charge is 2.26. The van der Waals surface area contributed by atoms with Crippen LogP contribution in [0.1, 0.15) is 26.5 Å². The van der Waals surface area contributed by atoms with Crippen LogP contribution in [0.5, 0.6) is 5.75 Å². The molecule has 2 aromatic rings. The molecule has 1 heterocycles. The van der Waals surface area contributed by atoms with Gasteiger partial charge in [0.25, 0.3) is 0 Å². The summed E-state index contributed by atoms with van der Waals surface area (Å²) in [5.74, 6) is 0.642. The van der Waals surface area contributed by atoms with E-state index in [9.17, 15) is 10.0 Å². The Kier molecular flexibility index (Phi) is 3.66. The van der Waals surface area contributed by atoms with E-state index >= 15 is 0 Å². The van der Waals surface area contributed by atoms with Gasteiger partial charge in [0.1, 0.15) is 11.5 Å². The van der Waals surface area contributed by atoms with Gasteiger partial charge >= 0.3 is 0 Å². The number of ether oxygens (including phenoxy) is 1. The average molecular weight is 273 g/mol. The molecule has 0 saturated carbocycles. The third-order valence-electron chi connectivity index (χ3n) is 3.34. The quantitative estimate of drug-likeness (QED) is 0.638. The molecule has 0 atom stereocenters. The molecule has 1 aromatic carbocycles. The van der Waals surface area contributed by atoms with E-state index in [4.69, 9.17) is 4.74 Å². The molecule has 0 unspecified atom stereocenters. The van der Waals surface area contributed by atoms with Crippen LogP contribution in [0.15, 0.2) is 30.3 Å². The van der Waals surface area contributed by atoms with Gasteiger partial charge in [0.15, 0.2) is 0 Å². The van der Waals surface area contributed by atoms with E-state index in [1.54, 1.807) is 25.3 Å². The molecule has 0 aliphatic heterocycles. The van der Waals surface area contributed by atoms with Gasteiger partial charge in [-0.1, -0.05) is 32.9 Å². The number of hydrogen-bond donors (Lipinski definition) is 0. The van der Waals surface area contributed by atoms with Gasteiger partial charge in [-0.05, 0) is 6.07 Å². The maximum absolute atomic E-state index is 12.4. The average Bonchev–Trinajstić information content (AvgIpc) is 2.41. The summed E-state index contributed by atoms with van der Waals surface area (Å²) in [7, 11) is 1.56. The van der Waals surface area contributed by atoms with Gasteiger partial charge in [-0.25, -0.2) is 0 Å². The molecule has 4 heteroatoms. The van der Waals surface area contributed by atoms with E-state index < -0.39 is 5.41 Å². The molecule has 0 aliphatic carbocycles. The SMILES string of the molecule is COc1cc(CC(=O)C(C)(C)C)[n+]([O-])c2ccccc12. The lowest BCUT2D eigenvalue weighted by atomic mass is 9.88. The molecular weight excluding hydrogens is 254 g/mol. The minimum absolute atomic E-state index is 0.0273. The molecule has 0 spiro atoms. The van der Waals surface area contributed by atoms with Crippen molar-refractivity contribution in [2.75, 3.05) is 7.11 Å². The summed E-state index contributed by atoms with van der Waals surface area (Å²) in [4.78, 5) is 12.1. The highest BCUT2D eigenvalue weighted by Crippen LogP contribution is 2.25. The molecule has 2 rings (SSSR count). The maximum Gasteiger partial charge on any atom is 0.227 e. The normalized spacial score (nSPS) is 11.6. The first-order valence-corrected chi connectivity index (χ1v) is 6.56. The summed E-state index contributed by atoms with van der Waals surface area (Å²) < 4.78 is 6.15. The van der Waals surface area contributed by atoms with Crippen LogP contribution in [0.2, 0.25) is 0 Å². The first-order valence-electron chi connectivity index (χ1n) is 6.56. The summed E-state index contributed by atoms with van der Waals surface area (Å²) in [5.41, 5.74) is 0.468. The van der Waals surface area contributed by atoms with Gasteiger partial charge < -0.3 is 9.94 Å². The van der Waals surface area contributed by atoms with Crippen LogP contribution in [0.25, 0.3) is 10.9 Å². The molecular formula is C16H19NO3. The van der Waals surface area contributed by atoms with Gasteiger partial charge in [0.05, 0.1) is 18.9 Å². The Labute approximate surface area is 118 Å². The molecule has 0 fully saturated rings. The molecule has 0 amide bonds. The van der Waals surface area contributed by atoms with Crippen molar-refractivity contribution < 1.29 is 14.3 Å². The number of pyridine rings is 1. The number of nitrogens with zero attached hydrogens (tertiary/aromatic N) is 1. The van der Waals surface area contributed by atoms with E-state index in [2.05, 4.69) is 0 Å². The zero-order valence-corrected chi connectivity index (χ0v) is 12.3. The molecule has 0 aliphatic rings. The summed E-state index contributed by atoms with van der Waals surface area (Å²) in [5, 5.41) is 13.1. The Balaban J connectivity index is 2.55. The smallest absolute Gasteiger partial charge is 0.227 e. The third-order valence-corrected chi connectivity index (χ3v) is 3.34. The molecule has 0 N–H and O–H groups in total. The summed E-state index contributed by atoms with van der Waals surface area (Å²) in [6.07, 6.45) is 0.105. The second-order valence-corrected chi connectivity index (χ2v) is 5.87. The largest absolute Gasteiger partial charge is 0.618 e. The number of ketones is 1. The molecule has 20 heavy (non-hydrogen) atoms. The number of carbonyl (C=O) groups excluding carboxylic acids is 1. The van der Waals surface area contributed by atoms with E-state index in [1.807, 2.05) is 32.9 Å². The monoisotopic (exact) mass is 273 g/mol. The topological polar surface area (TPSA) is 53.2 Å². The number of para-hydroxylation sites is 1. The van der Waals surface area contributed by atoms with Crippen LogP contribution in [-0.4, -0.2) is 12.9 Å². The predicted octanol–water partition coefficient (Wildman–Crippen LogP) is 2.64. The molecule has 0 saturated heterocycles. The van der Waals surface area contributed by atoms with Crippen molar-refractivity contribution >= 4 is 16.7 Å². The highest BCUT2D eigenvalue weighted by atomic mass is 16.5. The summed E-state index contributed by atoms with van der Waals surface area (Å²) in [6, 6.07) is 8.86. The standard InChI is InChI=1S/C16H19NO3/c1-16(2,3)15(18)10-11-9-14(20-4)12-7-5-6-8-13(12)17(11)19/h5-9H,10H2,1-4H3. The number of fused-ring (bicyclic) bond motifs is 1. The van der Waals surface area contributed by atoms with Crippen molar-refractivity contribution in [1.82, 2.24) is 0 Å². The number of carbonyl (C=O) groups is 1. The van der Waals surface area contributed by atoms with Gasteiger partial charge in [-0.15, -0.1) is 0 Å². The van der Waals surface area contributed by atoms with Crippen molar-refractivity contribution in [3.05, 3.63) is 41.2 Å². The van der Waals surface area contributed by atoms with Gasteiger partial charge in [0.2, 0.25) is 11.2 Å². The fourth-order valence-electron chi connectivity index (χ4n) is 2.02. The minimum Gasteiger partial charge on any atom is -0.618 e. The highest BCUT2D eigenvalue weighted by molar-refractivity contribution is 5.87. The molecule has 0 bridgehead atoms. The summed E-state index contributed by atoms with van der Waals surface area (Å²) in [6.45, 7) is 5.55. The van der Waals surface area contributed by atoms with Gasteiger partial charge in [-0.2, -0.15) is 4.73 Å².